The first-order valence-electron chi connectivity index (χ1n) is 5.48. The lowest BCUT2D eigenvalue weighted by Crippen LogP contribution is -2.39. The van der Waals surface area contributed by atoms with E-state index in [0.29, 0.717) is 12.5 Å². The standard InChI is InChI=1S/C11H19N3OS/c1-7(2)11-14-9(6-16-11)4-5-13-10(15)8(3)12/h6-8H,4-5,12H2,1-3H3,(H,13,15). The van der Waals surface area contributed by atoms with Gasteiger partial charge in [0.25, 0.3) is 0 Å². The zero-order valence-corrected chi connectivity index (χ0v) is 10.8. The smallest absolute Gasteiger partial charge is 0.236 e. The van der Waals surface area contributed by atoms with E-state index in [9.17, 15) is 4.79 Å². The van der Waals surface area contributed by atoms with E-state index in [-0.39, 0.29) is 5.91 Å². The minimum absolute atomic E-state index is 0.112. The lowest BCUT2D eigenvalue weighted by Gasteiger charge is -2.06. The zero-order valence-electron chi connectivity index (χ0n) is 9.99. The van der Waals surface area contributed by atoms with Gasteiger partial charge in [0.05, 0.1) is 16.7 Å². The zero-order chi connectivity index (χ0) is 12.1. The molecule has 3 N–H and O–H groups in total. The number of thiazole rings is 1. The van der Waals surface area contributed by atoms with Crippen LogP contribution in [0.25, 0.3) is 0 Å². The highest BCUT2D eigenvalue weighted by Crippen LogP contribution is 2.19. The van der Waals surface area contributed by atoms with Crippen molar-refractivity contribution < 1.29 is 4.79 Å². The molecule has 1 unspecified atom stereocenters. The third-order valence-electron chi connectivity index (χ3n) is 2.16. The van der Waals surface area contributed by atoms with Gasteiger partial charge in [-0.3, -0.25) is 4.79 Å². The molecule has 0 bridgehead atoms. The van der Waals surface area contributed by atoms with Crippen LogP contribution in [0.1, 0.15) is 37.4 Å². The molecular weight excluding hydrogens is 222 g/mol. The maximum absolute atomic E-state index is 11.2. The number of nitrogens with zero attached hydrogens (tertiary/aromatic N) is 1. The first-order valence-corrected chi connectivity index (χ1v) is 6.36. The van der Waals surface area contributed by atoms with Crippen molar-refractivity contribution in [3.63, 3.8) is 0 Å². The summed E-state index contributed by atoms with van der Waals surface area (Å²) in [4.78, 5) is 15.7. The van der Waals surface area contributed by atoms with E-state index < -0.39 is 6.04 Å². The maximum Gasteiger partial charge on any atom is 0.236 e. The van der Waals surface area contributed by atoms with Gasteiger partial charge >= 0.3 is 0 Å². The van der Waals surface area contributed by atoms with Crippen molar-refractivity contribution in [3.05, 3.63) is 16.1 Å². The molecule has 90 valence electrons. The average molecular weight is 241 g/mol. The van der Waals surface area contributed by atoms with Crippen LogP contribution in [0.4, 0.5) is 0 Å². The highest BCUT2D eigenvalue weighted by atomic mass is 32.1. The molecule has 1 heterocycles. The van der Waals surface area contributed by atoms with E-state index >= 15 is 0 Å². The fourth-order valence-corrected chi connectivity index (χ4v) is 2.05. The summed E-state index contributed by atoms with van der Waals surface area (Å²) >= 11 is 1.67. The van der Waals surface area contributed by atoms with Gasteiger partial charge in [0.2, 0.25) is 5.91 Å². The summed E-state index contributed by atoms with van der Waals surface area (Å²) in [6.07, 6.45) is 0.766. The van der Waals surface area contributed by atoms with Gasteiger partial charge in [-0.15, -0.1) is 11.3 Å². The van der Waals surface area contributed by atoms with Crippen LogP contribution in [0.2, 0.25) is 0 Å². The molecule has 0 aliphatic carbocycles. The van der Waals surface area contributed by atoms with Crippen molar-refractivity contribution in [1.82, 2.24) is 10.3 Å². The number of aromatic nitrogens is 1. The van der Waals surface area contributed by atoms with E-state index in [4.69, 9.17) is 5.73 Å². The van der Waals surface area contributed by atoms with Gasteiger partial charge in [-0.25, -0.2) is 4.98 Å². The predicted octanol–water partition coefficient (Wildman–Crippen LogP) is 1.27. The Morgan fingerprint density at radius 2 is 2.25 bits per heavy atom. The van der Waals surface area contributed by atoms with Gasteiger partial charge in [0.15, 0.2) is 0 Å². The lowest BCUT2D eigenvalue weighted by molar-refractivity contribution is -0.121. The molecule has 1 aromatic rings. The first kappa shape index (κ1) is 13.1. The highest BCUT2D eigenvalue weighted by Gasteiger charge is 2.08. The third kappa shape index (κ3) is 3.90. The van der Waals surface area contributed by atoms with Crippen LogP contribution < -0.4 is 11.1 Å². The Kier molecular flexibility index (Phi) is 4.89. The molecule has 5 heteroatoms. The van der Waals surface area contributed by atoms with Crippen molar-refractivity contribution in [2.24, 2.45) is 5.73 Å². The van der Waals surface area contributed by atoms with Crippen molar-refractivity contribution in [2.75, 3.05) is 6.54 Å². The largest absolute Gasteiger partial charge is 0.354 e. The second kappa shape index (κ2) is 5.96. The Hall–Kier alpha value is -0.940. The molecule has 0 aliphatic rings. The van der Waals surface area contributed by atoms with Gasteiger partial charge in [0, 0.05) is 24.3 Å². The first-order chi connectivity index (χ1) is 7.50. The molecule has 0 fully saturated rings. The summed E-state index contributed by atoms with van der Waals surface area (Å²) in [5.74, 6) is 0.358. The minimum Gasteiger partial charge on any atom is -0.354 e. The lowest BCUT2D eigenvalue weighted by atomic mass is 10.2. The number of nitrogens with one attached hydrogen (secondary N) is 1. The Morgan fingerprint density at radius 1 is 1.56 bits per heavy atom. The van der Waals surface area contributed by atoms with E-state index in [2.05, 4.69) is 24.1 Å². The monoisotopic (exact) mass is 241 g/mol. The topological polar surface area (TPSA) is 68.0 Å². The van der Waals surface area contributed by atoms with E-state index in [1.165, 1.54) is 0 Å². The number of rotatable bonds is 5. The van der Waals surface area contributed by atoms with Crippen molar-refractivity contribution in [3.8, 4) is 0 Å². The summed E-state index contributed by atoms with van der Waals surface area (Å²) in [6, 6.07) is -0.443. The summed E-state index contributed by atoms with van der Waals surface area (Å²) < 4.78 is 0. The summed E-state index contributed by atoms with van der Waals surface area (Å²) in [6.45, 7) is 6.53. The van der Waals surface area contributed by atoms with Gasteiger partial charge in [0.1, 0.15) is 0 Å². The van der Waals surface area contributed by atoms with Crippen molar-refractivity contribution in [2.45, 2.75) is 39.2 Å². The molecule has 4 nitrogen and oxygen atoms in total. The summed E-state index contributed by atoms with van der Waals surface area (Å²) in [5.41, 5.74) is 6.47. The van der Waals surface area contributed by atoms with Crippen LogP contribution in [0, 0.1) is 0 Å². The molecule has 1 rings (SSSR count). The third-order valence-corrected chi connectivity index (χ3v) is 3.35. The van der Waals surface area contributed by atoms with E-state index in [1.807, 2.05) is 5.38 Å². The van der Waals surface area contributed by atoms with Crippen LogP contribution in [-0.4, -0.2) is 23.5 Å². The van der Waals surface area contributed by atoms with Crippen molar-refractivity contribution >= 4 is 17.2 Å². The van der Waals surface area contributed by atoms with E-state index in [1.54, 1.807) is 18.3 Å². The molecule has 0 radical (unpaired) electrons. The van der Waals surface area contributed by atoms with Gasteiger partial charge < -0.3 is 11.1 Å². The number of nitrogens with two attached hydrogens (primary N) is 1. The molecule has 0 spiro atoms. The number of hydrogen-bond acceptors (Lipinski definition) is 4. The normalized spacial score (nSPS) is 12.8. The van der Waals surface area contributed by atoms with Crippen LogP contribution >= 0.6 is 11.3 Å². The molecule has 16 heavy (non-hydrogen) atoms. The van der Waals surface area contributed by atoms with Gasteiger partial charge in [-0.2, -0.15) is 0 Å². The maximum atomic E-state index is 11.2. The van der Waals surface area contributed by atoms with Crippen LogP contribution in [0.5, 0.6) is 0 Å². The van der Waals surface area contributed by atoms with Crippen LogP contribution in [0.15, 0.2) is 5.38 Å². The molecule has 0 saturated heterocycles. The van der Waals surface area contributed by atoms with Crippen LogP contribution in [-0.2, 0) is 11.2 Å². The number of carbonyl (C=O) groups excluding carboxylic acids is 1. The quantitative estimate of drug-likeness (QED) is 0.816. The summed E-state index contributed by atoms with van der Waals surface area (Å²) in [5, 5.41) is 5.97. The van der Waals surface area contributed by atoms with Crippen molar-refractivity contribution in [1.29, 1.82) is 0 Å². The Morgan fingerprint density at radius 3 is 2.75 bits per heavy atom. The highest BCUT2D eigenvalue weighted by molar-refractivity contribution is 7.09. The van der Waals surface area contributed by atoms with E-state index in [0.717, 1.165) is 17.1 Å². The second-order valence-corrected chi connectivity index (χ2v) is 5.05. The number of hydrogen-bond donors (Lipinski definition) is 2. The molecule has 1 atom stereocenters. The SMILES string of the molecule is CC(N)C(=O)NCCc1csc(C(C)C)n1. The minimum atomic E-state index is -0.443. The molecular formula is C11H19N3OS. The Balaban J connectivity index is 2.35. The average Bonchev–Trinajstić information content (AvgIpc) is 2.66. The second-order valence-electron chi connectivity index (χ2n) is 4.16. The molecule has 1 amide bonds. The number of carbonyl (C=O) groups is 1. The molecule has 0 aromatic carbocycles. The fourth-order valence-electron chi connectivity index (χ4n) is 1.18. The summed E-state index contributed by atoms with van der Waals surface area (Å²) in [7, 11) is 0. The molecule has 0 aliphatic heterocycles. The van der Waals surface area contributed by atoms with Crippen LogP contribution in [0.3, 0.4) is 0 Å². The van der Waals surface area contributed by atoms with Gasteiger partial charge in [-0.05, 0) is 6.92 Å². The Bertz CT molecular complexity index is 347. The molecule has 1 aromatic heterocycles. The number of amides is 1. The Labute approximate surface area is 100 Å². The van der Waals surface area contributed by atoms with Gasteiger partial charge in [-0.1, -0.05) is 13.8 Å². The molecule has 0 saturated carbocycles. The fraction of sp³-hybridized carbons (Fsp3) is 0.636. The predicted molar refractivity (Wildman–Crippen MR) is 66.6 cm³/mol.